The summed E-state index contributed by atoms with van der Waals surface area (Å²) in [5.74, 6) is 7.09. The molecule has 0 saturated carbocycles. The summed E-state index contributed by atoms with van der Waals surface area (Å²) >= 11 is 1.22. The van der Waals surface area contributed by atoms with Crippen molar-refractivity contribution in [3.8, 4) is 17.1 Å². The first-order chi connectivity index (χ1) is 15.0. The van der Waals surface area contributed by atoms with Gasteiger partial charge in [0.2, 0.25) is 11.1 Å². The topological polar surface area (TPSA) is 89.5 Å². The number of ether oxygens (including phenoxy) is 1. The lowest BCUT2D eigenvalue weighted by Crippen LogP contribution is -2.49. The molecule has 4 rings (SSSR count). The number of amides is 1. The maximum absolute atomic E-state index is 13.5. The van der Waals surface area contributed by atoms with E-state index in [0.717, 1.165) is 24.5 Å². The Labute approximate surface area is 183 Å². The smallest absolute Gasteiger partial charge is 0.233 e. The number of thioether (sulfide) groups is 1. The number of benzene rings is 2. The number of piperazine rings is 1. The van der Waals surface area contributed by atoms with Gasteiger partial charge in [-0.15, -0.1) is 10.2 Å². The lowest BCUT2D eigenvalue weighted by atomic mass is 10.2. The molecule has 0 atom stereocenters. The second kappa shape index (κ2) is 9.25. The number of methoxy groups -OCH3 is 1. The van der Waals surface area contributed by atoms with E-state index in [1.165, 1.54) is 28.6 Å². The summed E-state index contributed by atoms with van der Waals surface area (Å²) in [4.78, 5) is 16.7. The Morgan fingerprint density at radius 3 is 2.55 bits per heavy atom. The number of nitrogens with zero attached hydrogens (tertiary/aromatic N) is 5. The molecule has 0 unspecified atom stereocenters. The minimum Gasteiger partial charge on any atom is -0.497 e. The molecule has 1 amide bonds. The summed E-state index contributed by atoms with van der Waals surface area (Å²) in [6.45, 7) is 2.82. The highest BCUT2D eigenvalue weighted by Gasteiger charge is 2.22. The van der Waals surface area contributed by atoms with Gasteiger partial charge in [-0.3, -0.25) is 4.79 Å². The third kappa shape index (κ3) is 4.74. The summed E-state index contributed by atoms with van der Waals surface area (Å²) in [5.41, 5.74) is 1.64. The van der Waals surface area contributed by atoms with Gasteiger partial charge in [-0.1, -0.05) is 23.9 Å². The standard InChI is InChI=1S/C21H23FN6O2S/c1-30-18-7-5-17(6-8-18)26-9-11-27(12-10-26)19(29)14-31-21-25-24-20(28(21)23)15-3-2-4-16(22)13-15/h2-8,13H,9-12,14,23H2,1H3. The van der Waals surface area contributed by atoms with E-state index < -0.39 is 0 Å². The fourth-order valence-corrected chi connectivity index (χ4v) is 4.18. The summed E-state index contributed by atoms with van der Waals surface area (Å²) in [6, 6.07) is 13.9. The Morgan fingerprint density at radius 1 is 1.13 bits per heavy atom. The largest absolute Gasteiger partial charge is 0.497 e. The SMILES string of the molecule is COc1ccc(N2CCN(C(=O)CSc3nnc(-c4cccc(F)c4)n3N)CC2)cc1. The van der Waals surface area contributed by atoms with Gasteiger partial charge in [0.15, 0.2) is 5.82 Å². The zero-order valence-corrected chi connectivity index (χ0v) is 17.9. The number of carbonyl (C=O) groups is 1. The number of hydrogen-bond acceptors (Lipinski definition) is 7. The zero-order valence-electron chi connectivity index (χ0n) is 17.1. The molecule has 1 aliphatic heterocycles. The maximum atomic E-state index is 13.5. The molecule has 3 aromatic rings. The van der Waals surface area contributed by atoms with Crippen LogP contribution in [0.25, 0.3) is 11.4 Å². The van der Waals surface area contributed by atoms with Crippen molar-refractivity contribution in [3.05, 3.63) is 54.3 Å². The molecule has 1 fully saturated rings. The minimum atomic E-state index is -0.376. The van der Waals surface area contributed by atoms with Gasteiger partial charge < -0.3 is 20.4 Å². The molecular weight excluding hydrogens is 419 g/mol. The van der Waals surface area contributed by atoms with Gasteiger partial charge in [0.25, 0.3) is 0 Å². The number of halogens is 1. The number of anilines is 1. The van der Waals surface area contributed by atoms with Gasteiger partial charge in [0.1, 0.15) is 11.6 Å². The highest BCUT2D eigenvalue weighted by Crippen LogP contribution is 2.23. The van der Waals surface area contributed by atoms with Gasteiger partial charge in [-0.2, -0.15) is 0 Å². The highest BCUT2D eigenvalue weighted by molar-refractivity contribution is 7.99. The average Bonchev–Trinajstić information content (AvgIpc) is 3.18. The Bertz CT molecular complexity index is 1050. The Hall–Kier alpha value is -3.27. The molecule has 10 heteroatoms. The lowest BCUT2D eigenvalue weighted by Gasteiger charge is -2.36. The average molecular weight is 443 g/mol. The van der Waals surface area contributed by atoms with Crippen LogP contribution in [0.2, 0.25) is 0 Å². The van der Waals surface area contributed by atoms with E-state index in [4.69, 9.17) is 10.6 Å². The van der Waals surface area contributed by atoms with Crippen LogP contribution in [0.15, 0.2) is 53.7 Å². The lowest BCUT2D eigenvalue weighted by molar-refractivity contribution is -0.128. The van der Waals surface area contributed by atoms with Gasteiger partial charge >= 0.3 is 0 Å². The third-order valence-corrected chi connectivity index (χ3v) is 6.07. The summed E-state index contributed by atoms with van der Waals surface area (Å²) < 4.78 is 19.9. The van der Waals surface area contributed by atoms with Crippen LogP contribution in [0, 0.1) is 5.82 Å². The predicted molar refractivity (Wildman–Crippen MR) is 118 cm³/mol. The fraction of sp³-hybridized carbons (Fsp3) is 0.286. The first-order valence-corrected chi connectivity index (χ1v) is 10.8. The van der Waals surface area contributed by atoms with Crippen molar-refractivity contribution in [2.45, 2.75) is 5.16 Å². The van der Waals surface area contributed by atoms with E-state index in [1.54, 1.807) is 19.2 Å². The molecule has 2 aromatic carbocycles. The van der Waals surface area contributed by atoms with Crippen molar-refractivity contribution in [3.63, 3.8) is 0 Å². The molecule has 31 heavy (non-hydrogen) atoms. The van der Waals surface area contributed by atoms with Crippen LogP contribution in [0.3, 0.4) is 0 Å². The normalized spacial score (nSPS) is 14.0. The molecule has 0 aliphatic carbocycles. The molecule has 2 N–H and O–H groups in total. The van der Waals surface area contributed by atoms with Crippen molar-refractivity contribution in [1.82, 2.24) is 19.8 Å². The van der Waals surface area contributed by atoms with Crippen molar-refractivity contribution >= 4 is 23.4 Å². The molecule has 8 nitrogen and oxygen atoms in total. The zero-order chi connectivity index (χ0) is 21.8. The number of hydrogen-bond donors (Lipinski definition) is 1. The van der Waals surface area contributed by atoms with Crippen LogP contribution in [-0.4, -0.2) is 64.7 Å². The third-order valence-electron chi connectivity index (χ3n) is 5.14. The molecular formula is C21H23FN6O2S. The second-order valence-electron chi connectivity index (χ2n) is 7.04. The molecule has 0 spiro atoms. The summed E-state index contributed by atoms with van der Waals surface area (Å²) in [5, 5.41) is 8.48. The van der Waals surface area contributed by atoms with E-state index in [9.17, 15) is 9.18 Å². The second-order valence-corrected chi connectivity index (χ2v) is 7.98. The number of aromatic nitrogens is 3. The molecule has 2 heterocycles. The molecule has 0 bridgehead atoms. The predicted octanol–water partition coefficient (Wildman–Crippen LogP) is 2.25. The molecule has 1 saturated heterocycles. The van der Waals surface area contributed by atoms with Crippen LogP contribution < -0.4 is 15.5 Å². The van der Waals surface area contributed by atoms with E-state index in [1.807, 2.05) is 29.2 Å². The van der Waals surface area contributed by atoms with Gasteiger partial charge in [0.05, 0.1) is 12.9 Å². The molecule has 0 radical (unpaired) electrons. The molecule has 162 valence electrons. The quantitative estimate of drug-likeness (QED) is 0.463. The first-order valence-electron chi connectivity index (χ1n) is 9.81. The van der Waals surface area contributed by atoms with Crippen molar-refractivity contribution in [2.24, 2.45) is 0 Å². The Balaban J connectivity index is 1.31. The monoisotopic (exact) mass is 442 g/mol. The van der Waals surface area contributed by atoms with E-state index in [2.05, 4.69) is 15.1 Å². The van der Waals surface area contributed by atoms with Crippen molar-refractivity contribution < 1.29 is 13.9 Å². The maximum Gasteiger partial charge on any atom is 0.233 e. The van der Waals surface area contributed by atoms with E-state index >= 15 is 0 Å². The molecule has 1 aliphatic rings. The van der Waals surface area contributed by atoms with Crippen LogP contribution >= 0.6 is 11.8 Å². The van der Waals surface area contributed by atoms with Crippen molar-refractivity contribution in [1.29, 1.82) is 0 Å². The van der Waals surface area contributed by atoms with E-state index in [0.29, 0.717) is 29.6 Å². The fourth-order valence-electron chi connectivity index (χ4n) is 3.42. The van der Waals surface area contributed by atoms with Crippen LogP contribution in [0.5, 0.6) is 5.75 Å². The van der Waals surface area contributed by atoms with Gasteiger partial charge in [-0.05, 0) is 36.4 Å². The minimum absolute atomic E-state index is 0.0229. The first kappa shape index (κ1) is 21.0. The van der Waals surface area contributed by atoms with E-state index in [-0.39, 0.29) is 17.5 Å². The van der Waals surface area contributed by atoms with Crippen LogP contribution in [0.4, 0.5) is 10.1 Å². The highest BCUT2D eigenvalue weighted by atomic mass is 32.2. The van der Waals surface area contributed by atoms with Gasteiger partial charge in [0, 0.05) is 37.4 Å². The Kier molecular flexibility index (Phi) is 6.26. The van der Waals surface area contributed by atoms with Gasteiger partial charge in [-0.25, -0.2) is 9.07 Å². The Morgan fingerprint density at radius 2 is 1.87 bits per heavy atom. The van der Waals surface area contributed by atoms with Crippen LogP contribution in [-0.2, 0) is 4.79 Å². The van der Waals surface area contributed by atoms with Crippen molar-refractivity contribution in [2.75, 3.05) is 49.8 Å². The van der Waals surface area contributed by atoms with Crippen LogP contribution in [0.1, 0.15) is 0 Å². The number of nitrogen functional groups attached to an aromatic ring is 1. The number of rotatable bonds is 6. The summed E-state index contributed by atoms with van der Waals surface area (Å²) in [7, 11) is 1.65. The summed E-state index contributed by atoms with van der Waals surface area (Å²) in [6.07, 6.45) is 0. The number of nitrogens with two attached hydrogens (primary N) is 1. The number of carbonyl (C=O) groups excluding carboxylic acids is 1. The molecule has 1 aromatic heterocycles.